The van der Waals surface area contributed by atoms with Crippen LogP contribution in [0.2, 0.25) is 0 Å². The van der Waals surface area contributed by atoms with Gasteiger partial charge in [-0.15, -0.1) is 12.4 Å². The number of ether oxygens (including phenoxy) is 1. The number of fused-ring (bicyclic) bond motifs is 1. The summed E-state index contributed by atoms with van der Waals surface area (Å²) in [6.45, 7) is 9.60. The number of anilines is 1. The lowest BCUT2D eigenvalue weighted by Crippen LogP contribution is -2.43. The van der Waals surface area contributed by atoms with Crippen LogP contribution in [0.5, 0.6) is 0 Å². The van der Waals surface area contributed by atoms with Crippen molar-refractivity contribution in [3.63, 3.8) is 0 Å². The molecule has 32 heavy (non-hydrogen) atoms. The van der Waals surface area contributed by atoms with Crippen LogP contribution < -0.4 is 4.90 Å². The van der Waals surface area contributed by atoms with Gasteiger partial charge in [-0.3, -0.25) is 19.3 Å². The Kier molecular flexibility index (Phi) is 7.81. The highest BCUT2D eigenvalue weighted by atomic mass is 35.5. The maximum absolute atomic E-state index is 14.3. The highest BCUT2D eigenvalue weighted by Crippen LogP contribution is 2.32. The minimum atomic E-state index is -0.735. The van der Waals surface area contributed by atoms with Crippen molar-refractivity contribution >= 4 is 45.0 Å². The van der Waals surface area contributed by atoms with E-state index in [2.05, 4.69) is 15.0 Å². The number of hydrogen-bond acceptors (Lipinski definition) is 6. The molecule has 1 aromatic carbocycles. The Balaban J connectivity index is 0.00000289. The second-order valence-electron chi connectivity index (χ2n) is 7.85. The van der Waals surface area contributed by atoms with Crippen molar-refractivity contribution in [2.75, 3.05) is 44.3 Å². The summed E-state index contributed by atoms with van der Waals surface area (Å²) in [6, 6.07) is 3.79. The van der Waals surface area contributed by atoms with E-state index in [4.69, 9.17) is 4.74 Å². The molecule has 0 spiro atoms. The standard InChI is InChI=1S/C21H25F2N5O2S.ClH/c1-13(2)28-17(10-14(3)25-28)20(29)27(5-4-26-6-8-30-9-7-26)21-24-19-16(23)11-15(22)12-18(19)31-21;/h10-13H,4-9H2,1-3H3;1H. The molecule has 0 N–H and O–H groups in total. The minimum Gasteiger partial charge on any atom is -0.379 e. The molecular formula is C21H26ClF2N5O2S. The Morgan fingerprint density at radius 2 is 1.97 bits per heavy atom. The molecule has 1 fully saturated rings. The molecule has 3 heterocycles. The first-order valence-corrected chi connectivity index (χ1v) is 11.1. The first-order chi connectivity index (χ1) is 14.8. The van der Waals surface area contributed by atoms with Gasteiger partial charge in [-0.1, -0.05) is 11.3 Å². The fraction of sp³-hybridized carbons (Fsp3) is 0.476. The van der Waals surface area contributed by atoms with Crippen LogP contribution in [0.25, 0.3) is 10.2 Å². The Bertz CT molecular complexity index is 1100. The maximum atomic E-state index is 14.3. The van der Waals surface area contributed by atoms with Gasteiger partial charge in [0, 0.05) is 38.3 Å². The number of morpholine rings is 1. The van der Waals surface area contributed by atoms with Crippen LogP contribution in [0.3, 0.4) is 0 Å². The summed E-state index contributed by atoms with van der Waals surface area (Å²) in [7, 11) is 0. The number of halogens is 3. The summed E-state index contributed by atoms with van der Waals surface area (Å²) in [5.41, 5.74) is 1.25. The first kappa shape index (κ1) is 24.5. The minimum absolute atomic E-state index is 0. The Morgan fingerprint density at radius 3 is 2.66 bits per heavy atom. The van der Waals surface area contributed by atoms with Gasteiger partial charge in [0.15, 0.2) is 10.9 Å². The van der Waals surface area contributed by atoms with Crippen LogP contribution in [-0.2, 0) is 4.74 Å². The van der Waals surface area contributed by atoms with Gasteiger partial charge in [0.25, 0.3) is 5.91 Å². The lowest BCUT2D eigenvalue weighted by Gasteiger charge is -2.29. The summed E-state index contributed by atoms with van der Waals surface area (Å²) in [6.07, 6.45) is 0. The smallest absolute Gasteiger partial charge is 0.278 e. The molecular weight excluding hydrogens is 460 g/mol. The topological polar surface area (TPSA) is 63.5 Å². The number of hydrogen-bond donors (Lipinski definition) is 0. The van der Waals surface area contributed by atoms with Gasteiger partial charge in [-0.2, -0.15) is 5.10 Å². The van der Waals surface area contributed by atoms with Gasteiger partial charge in [-0.05, 0) is 32.9 Å². The van der Waals surface area contributed by atoms with Crippen molar-refractivity contribution in [3.8, 4) is 0 Å². The second kappa shape index (κ2) is 10.2. The van der Waals surface area contributed by atoms with Gasteiger partial charge in [0.2, 0.25) is 0 Å². The number of carbonyl (C=O) groups excluding carboxylic acids is 1. The molecule has 1 aliphatic rings. The zero-order valence-corrected chi connectivity index (χ0v) is 19.8. The summed E-state index contributed by atoms with van der Waals surface area (Å²) >= 11 is 1.11. The van der Waals surface area contributed by atoms with Crippen LogP contribution in [0.15, 0.2) is 18.2 Å². The third-order valence-corrected chi connectivity index (χ3v) is 6.21. The normalized spacial score (nSPS) is 14.7. The van der Waals surface area contributed by atoms with Crippen molar-refractivity contribution in [2.45, 2.75) is 26.8 Å². The molecule has 0 radical (unpaired) electrons. The van der Waals surface area contributed by atoms with Crippen molar-refractivity contribution in [1.82, 2.24) is 19.7 Å². The van der Waals surface area contributed by atoms with Crippen molar-refractivity contribution in [3.05, 3.63) is 41.2 Å². The highest BCUT2D eigenvalue weighted by Gasteiger charge is 2.27. The van der Waals surface area contributed by atoms with Gasteiger partial charge < -0.3 is 4.74 Å². The molecule has 3 aromatic rings. The molecule has 11 heteroatoms. The van der Waals surface area contributed by atoms with E-state index in [0.29, 0.717) is 41.8 Å². The summed E-state index contributed by atoms with van der Waals surface area (Å²) in [5, 5.41) is 4.78. The van der Waals surface area contributed by atoms with Crippen LogP contribution in [-0.4, -0.2) is 65.0 Å². The molecule has 2 aromatic heterocycles. The number of rotatable bonds is 6. The summed E-state index contributed by atoms with van der Waals surface area (Å²) < 4.78 is 35.4. The molecule has 0 bridgehead atoms. The molecule has 1 saturated heterocycles. The number of benzene rings is 1. The SMILES string of the molecule is Cc1cc(C(=O)N(CCN2CCOCC2)c2nc3c(F)cc(F)cc3s2)n(C(C)C)n1.Cl. The van der Waals surface area contributed by atoms with Gasteiger partial charge >= 0.3 is 0 Å². The number of aromatic nitrogens is 3. The zero-order valence-electron chi connectivity index (χ0n) is 18.2. The predicted molar refractivity (Wildman–Crippen MR) is 123 cm³/mol. The monoisotopic (exact) mass is 485 g/mol. The lowest BCUT2D eigenvalue weighted by atomic mass is 10.3. The molecule has 0 aliphatic carbocycles. The molecule has 4 rings (SSSR count). The third kappa shape index (κ3) is 5.09. The van der Waals surface area contributed by atoms with Crippen LogP contribution in [0.1, 0.15) is 36.1 Å². The Labute approximate surface area is 195 Å². The quantitative estimate of drug-likeness (QED) is 0.527. The predicted octanol–water partition coefficient (Wildman–Crippen LogP) is 4.06. The average Bonchev–Trinajstić information content (AvgIpc) is 3.32. The van der Waals surface area contributed by atoms with E-state index in [1.165, 1.54) is 6.07 Å². The molecule has 7 nitrogen and oxygen atoms in total. The van der Waals surface area contributed by atoms with Crippen LogP contribution >= 0.6 is 23.7 Å². The fourth-order valence-electron chi connectivity index (χ4n) is 3.62. The van der Waals surface area contributed by atoms with E-state index in [0.717, 1.165) is 36.2 Å². The maximum Gasteiger partial charge on any atom is 0.278 e. The number of thiazole rings is 1. The van der Waals surface area contributed by atoms with Gasteiger partial charge in [-0.25, -0.2) is 13.8 Å². The first-order valence-electron chi connectivity index (χ1n) is 10.3. The van der Waals surface area contributed by atoms with Crippen molar-refractivity contribution < 1.29 is 18.3 Å². The van der Waals surface area contributed by atoms with E-state index in [-0.39, 0.29) is 29.9 Å². The Morgan fingerprint density at radius 1 is 1.25 bits per heavy atom. The molecule has 1 aliphatic heterocycles. The summed E-state index contributed by atoms with van der Waals surface area (Å²) in [5.74, 6) is -1.66. The van der Waals surface area contributed by atoms with Gasteiger partial charge in [0.05, 0.1) is 23.6 Å². The van der Waals surface area contributed by atoms with Gasteiger partial charge in [0.1, 0.15) is 17.0 Å². The van der Waals surface area contributed by atoms with E-state index < -0.39 is 11.6 Å². The molecule has 1 amide bonds. The highest BCUT2D eigenvalue weighted by molar-refractivity contribution is 7.22. The van der Waals surface area contributed by atoms with Crippen LogP contribution in [0.4, 0.5) is 13.9 Å². The van der Waals surface area contributed by atoms with Crippen LogP contribution in [0, 0.1) is 18.6 Å². The second-order valence-corrected chi connectivity index (χ2v) is 8.86. The van der Waals surface area contributed by atoms with Crippen molar-refractivity contribution in [2.24, 2.45) is 0 Å². The zero-order chi connectivity index (χ0) is 22.1. The Hall–Kier alpha value is -2.14. The van der Waals surface area contributed by atoms with E-state index in [1.54, 1.807) is 15.6 Å². The van der Waals surface area contributed by atoms with E-state index in [1.807, 2.05) is 20.8 Å². The largest absolute Gasteiger partial charge is 0.379 e. The van der Waals surface area contributed by atoms with E-state index >= 15 is 0 Å². The number of amides is 1. The number of carbonyl (C=O) groups is 1. The fourth-order valence-corrected chi connectivity index (χ4v) is 4.65. The summed E-state index contributed by atoms with van der Waals surface area (Å²) in [4.78, 5) is 21.7. The molecule has 174 valence electrons. The van der Waals surface area contributed by atoms with E-state index in [9.17, 15) is 13.6 Å². The van der Waals surface area contributed by atoms with Crippen molar-refractivity contribution in [1.29, 1.82) is 0 Å². The average molecular weight is 486 g/mol. The molecule has 0 unspecified atom stereocenters. The molecule has 0 saturated carbocycles. The lowest BCUT2D eigenvalue weighted by molar-refractivity contribution is 0.0391. The molecule has 0 atom stereocenters. The number of aryl methyl sites for hydroxylation is 1. The number of nitrogens with zero attached hydrogens (tertiary/aromatic N) is 5. The third-order valence-electron chi connectivity index (χ3n) is 5.19.